The van der Waals surface area contributed by atoms with Gasteiger partial charge in [-0.25, -0.2) is 4.98 Å². The average molecular weight is 358 g/mol. The highest BCUT2D eigenvalue weighted by Gasteiger charge is 2.23. The summed E-state index contributed by atoms with van der Waals surface area (Å²) in [5.41, 5.74) is 5.75. The molecule has 0 aliphatic carbocycles. The smallest absolute Gasteiger partial charge is 0.256 e. The summed E-state index contributed by atoms with van der Waals surface area (Å²) in [5.74, 6) is 0.802. The molecule has 0 unspecified atom stereocenters. The van der Waals surface area contributed by atoms with Crippen molar-refractivity contribution in [2.24, 2.45) is 0 Å². The molecule has 1 fully saturated rings. The number of hydrogen-bond donors (Lipinski definition) is 3. The topological polar surface area (TPSA) is 126 Å². The Morgan fingerprint density at radius 3 is 2.92 bits per heavy atom. The Morgan fingerprint density at radius 2 is 2.23 bits per heavy atom. The third kappa shape index (κ3) is 4.11. The summed E-state index contributed by atoms with van der Waals surface area (Å²) < 4.78 is 5.41. The molecule has 0 bridgehead atoms. The quantitative estimate of drug-likeness (QED) is 0.712. The van der Waals surface area contributed by atoms with Crippen molar-refractivity contribution in [2.45, 2.75) is 25.8 Å². The number of carbonyl (C=O) groups excluding carboxylic acids is 1. The van der Waals surface area contributed by atoms with Gasteiger partial charge in [-0.15, -0.1) is 0 Å². The van der Waals surface area contributed by atoms with Crippen LogP contribution in [0.5, 0.6) is 5.88 Å². The first-order valence-electron chi connectivity index (χ1n) is 8.57. The highest BCUT2D eigenvalue weighted by molar-refractivity contribution is 5.96. The molecular formula is C17H22N6O3. The number of anilines is 2. The lowest BCUT2D eigenvalue weighted by atomic mass is 10.0. The van der Waals surface area contributed by atoms with E-state index in [0.29, 0.717) is 37.0 Å². The number of nitrogens with two attached hydrogens (primary N) is 1. The van der Waals surface area contributed by atoms with Crippen molar-refractivity contribution in [1.29, 1.82) is 0 Å². The maximum atomic E-state index is 12.5. The van der Waals surface area contributed by atoms with Gasteiger partial charge in [0.15, 0.2) is 0 Å². The van der Waals surface area contributed by atoms with Gasteiger partial charge in [-0.1, -0.05) is 0 Å². The maximum Gasteiger partial charge on any atom is 0.256 e. The average Bonchev–Trinajstić information content (AvgIpc) is 2.62. The molecule has 0 aromatic carbocycles. The fourth-order valence-corrected chi connectivity index (χ4v) is 2.96. The first kappa shape index (κ1) is 17.7. The summed E-state index contributed by atoms with van der Waals surface area (Å²) in [6.07, 6.45) is 3.08. The van der Waals surface area contributed by atoms with Crippen LogP contribution in [0.4, 0.5) is 11.8 Å². The van der Waals surface area contributed by atoms with Gasteiger partial charge in [0.1, 0.15) is 11.4 Å². The number of nitrogens with zero attached hydrogens (tertiary/aromatic N) is 3. The summed E-state index contributed by atoms with van der Waals surface area (Å²) in [5, 5.41) is 3.03. The molecule has 138 valence electrons. The highest BCUT2D eigenvalue weighted by atomic mass is 16.5. The third-order valence-corrected chi connectivity index (χ3v) is 4.20. The largest absolute Gasteiger partial charge is 0.477 e. The Bertz CT molecular complexity index is 829. The van der Waals surface area contributed by atoms with Crippen LogP contribution in [0.3, 0.4) is 0 Å². The minimum atomic E-state index is -0.275. The van der Waals surface area contributed by atoms with Crippen molar-refractivity contribution in [1.82, 2.24) is 20.3 Å². The van der Waals surface area contributed by atoms with Crippen molar-refractivity contribution < 1.29 is 9.53 Å². The lowest BCUT2D eigenvalue weighted by molar-refractivity contribution is 0.0926. The number of rotatable bonds is 5. The zero-order valence-corrected chi connectivity index (χ0v) is 14.6. The third-order valence-electron chi connectivity index (χ3n) is 4.20. The van der Waals surface area contributed by atoms with Crippen LogP contribution >= 0.6 is 0 Å². The normalized spacial score (nSPS) is 14.9. The number of nitrogen functional groups attached to an aromatic ring is 1. The van der Waals surface area contributed by atoms with E-state index in [4.69, 9.17) is 10.5 Å². The van der Waals surface area contributed by atoms with E-state index >= 15 is 0 Å². The Labute approximate surface area is 150 Å². The number of aromatic nitrogens is 3. The van der Waals surface area contributed by atoms with Crippen molar-refractivity contribution in [2.75, 3.05) is 30.3 Å². The molecule has 9 heteroatoms. The first-order chi connectivity index (χ1) is 12.6. The van der Waals surface area contributed by atoms with Gasteiger partial charge in [-0.2, -0.15) is 4.98 Å². The molecule has 0 saturated carbocycles. The van der Waals surface area contributed by atoms with E-state index in [-0.39, 0.29) is 23.5 Å². The number of piperidine rings is 1. The van der Waals surface area contributed by atoms with Gasteiger partial charge in [0.2, 0.25) is 11.8 Å². The predicted octanol–water partition coefficient (Wildman–Crippen LogP) is 0.545. The molecule has 3 heterocycles. The molecule has 2 aromatic rings. The number of carbonyl (C=O) groups is 1. The summed E-state index contributed by atoms with van der Waals surface area (Å²) in [7, 11) is 0. The van der Waals surface area contributed by atoms with Crippen molar-refractivity contribution >= 4 is 17.7 Å². The van der Waals surface area contributed by atoms with E-state index in [9.17, 15) is 9.59 Å². The number of ether oxygens (including phenoxy) is 1. The molecule has 1 aliphatic heterocycles. The fourth-order valence-electron chi connectivity index (χ4n) is 2.96. The van der Waals surface area contributed by atoms with Crippen LogP contribution in [0.1, 0.15) is 30.1 Å². The number of amides is 1. The monoisotopic (exact) mass is 358 g/mol. The number of aromatic amines is 1. The summed E-state index contributed by atoms with van der Waals surface area (Å²) >= 11 is 0. The van der Waals surface area contributed by atoms with Crippen LogP contribution in [0.25, 0.3) is 0 Å². The zero-order valence-electron chi connectivity index (χ0n) is 14.6. The molecule has 9 nitrogen and oxygen atoms in total. The number of nitrogens with one attached hydrogen (secondary N) is 2. The minimum Gasteiger partial charge on any atom is -0.477 e. The predicted molar refractivity (Wildman–Crippen MR) is 97.4 cm³/mol. The van der Waals surface area contributed by atoms with Crippen LogP contribution in [0.2, 0.25) is 0 Å². The van der Waals surface area contributed by atoms with Crippen molar-refractivity contribution in [3.63, 3.8) is 0 Å². The van der Waals surface area contributed by atoms with Crippen molar-refractivity contribution in [3.8, 4) is 5.88 Å². The Morgan fingerprint density at radius 1 is 1.46 bits per heavy atom. The van der Waals surface area contributed by atoms with Gasteiger partial charge >= 0.3 is 0 Å². The molecule has 0 radical (unpaired) electrons. The summed E-state index contributed by atoms with van der Waals surface area (Å²) in [6.45, 7) is 3.64. The van der Waals surface area contributed by atoms with Crippen LogP contribution in [0, 0.1) is 0 Å². The number of hydrogen-bond acceptors (Lipinski definition) is 7. The maximum absolute atomic E-state index is 12.5. The minimum absolute atomic E-state index is 0.0350. The molecule has 2 aromatic heterocycles. The van der Waals surface area contributed by atoms with Gasteiger partial charge in [0, 0.05) is 31.4 Å². The standard InChI is InChI=1S/C17H22N6O3/c1-2-26-16-12(4-3-7-19-16)15(25)20-11-5-8-23(9-6-11)13-10-14(24)22-17(18)21-13/h3-4,7,10-11H,2,5-6,8-9H2,1H3,(H,20,25)(H3,18,21,22,24). The van der Waals surface area contributed by atoms with E-state index in [1.54, 1.807) is 18.3 Å². The van der Waals surface area contributed by atoms with Gasteiger partial charge in [0.25, 0.3) is 11.5 Å². The Balaban J connectivity index is 1.60. The van der Waals surface area contributed by atoms with E-state index in [1.165, 1.54) is 6.07 Å². The molecule has 0 spiro atoms. The fraction of sp³-hybridized carbons (Fsp3) is 0.412. The number of pyridine rings is 1. The van der Waals surface area contributed by atoms with Crippen LogP contribution < -0.4 is 26.2 Å². The van der Waals surface area contributed by atoms with E-state index in [1.807, 2.05) is 11.8 Å². The molecule has 3 rings (SSSR count). The van der Waals surface area contributed by atoms with Gasteiger partial charge < -0.3 is 20.7 Å². The molecule has 26 heavy (non-hydrogen) atoms. The second-order valence-electron chi connectivity index (χ2n) is 6.01. The van der Waals surface area contributed by atoms with Gasteiger partial charge in [-0.05, 0) is 31.9 Å². The van der Waals surface area contributed by atoms with Crippen LogP contribution in [0.15, 0.2) is 29.2 Å². The van der Waals surface area contributed by atoms with Gasteiger partial charge in [0.05, 0.1) is 6.61 Å². The first-order valence-corrected chi connectivity index (χ1v) is 8.57. The summed E-state index contributed by atoms with van der Waals surface area (Å²) in [4.78, 5) is 36.7. The second-order valence-corrected chi connectivity index (χ2v) is 6.01. The lowest BCUT2D eigenvalue weighted by Crippen LogP contribution is -2.45. The molecule has 1 aliphatic rings. The van der Waals surface area contributed by atoms with Gasteiger partial charge in [-0.3, -0.25) is 14.6 Å². The zero-order chi connectivity index (χ0) is 18.5. The second kappa shape index (κ2) is 7.85. The number of H-pyrrole nitrogens is 1. The van der Waals surface area contributed by atoms with Crippen molar-refractivity contribution in [3.05, 3.63) is 40.3 Å². The molecule has 1 saturated heterocycles. The lowest BCUT2D eigenvalue weighted by Gasteiger charge is -2.33. The highest BCUT2D eigenvalue weighted by Crippen LogP contribution is 2.19. The van der Waals surface area contributed by atoms with Crippen LogP contribution in [-0.4, -0.2) is 46.6 Å². The molecule has 0 atom stereocenters. The molecule has 1 amide bonds. The molecular weight excluding hydrogens is 336 g/mol. The van der Waals surface area contributed by atoms with E-state index in [2.05, 4.69) is 20.3 Å². The Kier molecular flexibility index (Phi) is 5.35. The van der Waals surface area contributed by atoms with E-state index in [0.717, 1.165) is 12.8 Å². The Hall–Kier alpha value is -3.10. The molecule has 4 N–H and O–H groups in total. The van der Waals surface area contributed by atoms with Crippen LogP contribution in [-0.2, 0) is 0 Å². The van der Waals surface area contributed by atoms with E-state index < -0.39 is 0 Å². The summed E-state index contributed by atoms with van der Waals surface area (Å²) in [6, 6.07) is 4.88. The SMILES string of the molecule is CCOc1ncccc1C(=O)NC1CCN(c2cc(=O)[nH]c(N)n2)CC1.